The molecule has 0 saturated carbocycles. The second-order valence-electron chi connectivity index (χ2n) is 3.36. The normalized spacial score (nSPS) is 10.1. The molecule has 0 spiro atoms. The Hall–Kier alpha value is -2.01. The first-order valence-corrected chi connectivity index (χ1v) is 5.96. The van der Waals surface area contributed by atoms with Gasteiger partial charge in [0.15, 0.2) is 17.8 Å². The molecule has 5 heteroatoms. The summed E-state index contributed by atoms with van der Waals surface area (Å²) >= 11 is 0.998. The van der Waals surface area contributed by atoms with E-state index in [-0.39, 0.29) is 16.6 Å². The van der Waals surface area contributed by atoms with Crippen LogP contribution in [0, 0.1) is 0 Å². The number of carbonyl (C=O) groups is 2. The zero-order valence-corrected chi connectivity index (χ0v) is 10.4. The Morgan fingerprint density at radius 1 is 1.28 bits per heavy atom. The van der Waals surface area contributed by atoms with E-state index in [1.807, 2.05) is 12.1 Å². The Labute approximate surface area is 108 Å². The molecule has 0 radical (unpaired) electrons. The highest BCUT2D eigenvalue weighted by Gasteiger charge is 2.15. The van der Waals surface area contributed by atoms with E-state index in [4.69, 9.17) is 9.15 Å². The molecule has 1 aromatic heterocycles. The average molecular weight is 262 g/mol. The number of aldehydes is 1. The maximum Gasteiger partial charge on any atom is 0.259 e. The number of ether oxygens (including phenoxy) is 1. The van der Waals surface area contributed by atoms with Crippen molar-refractivity contribution in [2.75, 3.05) is 7.11 Å². The van der Waals surface area contributed by atoms with Crippen molar-refractivity contribution in [2.45, 2.75) is 4.90 Å². The standard InChI is InChI=1S/C13H10O4S/c1-16-10-4-2-3-5-12(10)18-13(15)11-7-6-9(8-14)17-11/h2-8H,1H3. The highest BCUT2D eigenvalue weighted by atomic mass is 32.2. The molecule has 0 aliphatic rings. The first-order chi connectivity index (χ1) is 8.74. The molecule has 0 atom stereocenters. The molecule has 0 aliphatic carbocycles. The van der Waals surface area contributed by atoms with Crippen LogP contribution in [0.15, 0.2) is 45.7 Å². The lowest BCUT2D eigenvalue weighted by molar-refractivity contribution is 0.105. The number of hydrogen-bond donors (Lipinski definition) is 0. The second kappa shape index (κ2) is 5.55. The monoisotopic (exact) mass is 262 g/mol. The highest BCUT2D eigenvalue weighted by molar-refractivity contribution is 8.14. The largest absolute Gasteiger partial charge is 0.496 e. The molecule has 0 bridgehead atoms. The molecular formula is C13H10O4S. The topological polar surface area (TPSA) is 56.5 Å². The van der Waals surface area contributed by atoms with Gasteiger partial charge in [-0.05, 0) is 36.0 Å². The lowest BCUT2D eigenvalue weighted by Crippen LogP contribution is -1.92. The summed E-state index contributed by atoms with van der Waals surface area (Å²) in [6, 6.07) is 10.1. The average Bonchev–Trinajstić information content (AvgIpc) is 2.88. The van der Waals surface area contributed by atoms with E-state index in [0.29, 0.717) is 16.9 Å². The quantitative estimate of drug-likeness (QED) is 0.626. The Morgan fingerprint density at radius 3 is 2.72 bits per heavy atom. The Balaban J connectivity index is 2.18. The minimum atomic E-state index is -0.271. The molecule has 0 fully saturated rings. The first kappa shape index (κ1) is 12.4. The van der Waals surface area contributed by atoms with Crippen LogP contribution in [0.25, 0.3) is 0 Å². The van der Waals surface area contributed by atoms with E-state index in [0.717, 1.165) is 11.8 Å². The van der Waals surface area contributed by atoms with Gasteiger partial charge in [-0.3, -0.25) is 9.59 Å². The molecule has 0 N–H and O–H groups in total. The predicted octanol–water partition coefficient (Wildman–Crippen LogP) is 3.03. The summed E-state index contributed by atoms with van der Waals surface area (Å²) in [5, 5.41) is -0.271. The summed E-state index contributed by atoms with van der Waals surface area (Å²) in [7, 11) is 1.54. The number of carbonyl (C=O) groups excluding carboxylic acids is 2. The van der Waals surface area contributed by atoms with E-state index >= 15 is 0 Å². The van der Waals surface area contributed by atoms with E-state index in [9.17, 15) is 9.59 Å². The van der Waals surface area contributed by atoms with E-state index in [1.54, 1.807) is 19.2 Å². The zero-order valence-electron chi connectivity index (χ0n) is 9.58. The lowest BCUT2D eigenvalue weighted by atomic mass is 10.3. The smallest absolute Gasteiger partial charge is 0.259 e. The molecule has 0 saturated heterocycles. The molecule has 2 rings (SSSR count). The van der Waals surface area contributed by atoms with Gasteiger partial charge in [0.1, 0.15) is 5.75 Å². The number of furan rings is 1. The van der Waals surface area contributed by atoms with Crippen molar-refractivity contribution in [2.24, 2.45) is 0 Å². The van der Waals surface area contributed by atoms with Crippen LogP contribution < -0.4 is 4.74 Å². The number of rotatable bonds is 4. The van der Waals surface area contributed by atoms with Gasteiger partial charge in [0.05, 0.1) is 12.0 Å². The molecule has 0 amide bonds. The fourth-order valence-corrected chi connectivity index (χ4v) is 2.19. The third-order valence-corrected chi connectivity index (χ3v) is 3.16. The third kappa shape index (κ3) is 2.62. The summed E-state index contributed by atoms with van der Waals surface area (Å²) in [4.78, 5) is 23.1. The van der Waals surface area contributed by atoms with Gasteiger partial charge >= 0.3 is 0 Å². The fraction of sp³-hybridized carbons (Fsp3) is 0.0769. The van der Waals surface area contributed by atoms with Gasteiger partial charge in [0.25, 0.3) is 5.12 Å². The van der Waals surface area contributed by atoms with Gasteiger partial charge in [-0.25, -0.2) is 0 Å². The van der Waals surface area contributed by atoms with Crippen LogP contribution in [-0.2, 0) is 0 Å². The first-order valence-electron chi connectivity index (χ1n) is 5.15. The van der Waals surface area contributed by atoms with Crippen molar-refractivity contribution in [3.8, 4) is 5.75 Å². The minimum absolute atomic E-state index is 0.138. The molecule has 92 valence electrons. The molecule has 1 aromatic carbocycles. The number of benzene rings is 1. The van der Waals surface area contributed by atoms with Crippen LogP contribution in [0.3, 0.4) is 0 Å². The summed E-state index contributed by atoms with van der Waals surface area (Å²) < 4.78 is 10.2. The summed E-state index contributed by atoms with van der Waals surface area (Å²) in [5.41, 5.74) is 0. The maximum absolute atomic E-state index is 11.9. The highest BCUT2D eigenvalue weighted by Crippen LogP contribution is 2.31. The lowest BCUT2D eigenvalue weighted by Gasteiger charge is -2.05. The molecule has 4 nitrogen and oxygen atoms in total. The van der Waals surface area contributed by atoms with Crippen molar-refractivity contribution in [1.82, 2.24) is 0 Å². The fourth-order valence-electron chi connectivity index (χ4n) is 1.38. The van der Waals surface area contributed by atoms with E-state index < -0.39 is 0 Å². The Kier molecular flexibility index (Phi) is 3.84. The summed E-state index contributed by atoms with van der Waals surface area (Å²) in [5.74, 6) is 0.907. The number of thioether (sulfide) groups is 1. The van der Waals surface area contributed by atoms with Gasteiger partial charge in [-0.15, -0.1) is 0 Å². The van der Waals surface area contributed by atoms with Crippen LogP contribution in [0.1, 0.15) is 21.1 Å². The maximum atomic E-state index is 11.9. The third-order valence-electron chi connectivity index (χ3n) is 2.22. The second-order valence-corrected chi connectivity index (χ2v) is 4.37. The minimum Gasteiger partial charge on any atom is -0.496 e. The summed E-state index contributed by atoms with van der Waals surface area (Å²) in [6.07, 6.45) is 0.560. The Morgan fingerprint density at radius 2 is 2.06 bits per heavy atom. The number of methoxy groups -OCH3 is 1. The van der Waals surface area contributed by atoms with Gasteiger partial charge in [0, 0.05) is 0 Å². The zero-order chi connectivity index (χ0) is 13.0. The van der Waals surface area contributed by atoms with Gasteiger partial charge in [0.2, 0.25) is 0 Å². The molecule has 2 aromatic rings. The van der Waals surface area contributed by atoms with Crippen LogP contribution in [0.2, 0.25) is 0 Å². The van der Waals surface area contributed by atoms with Crippen molar-refractivity contribution in [3.63, 3.8) is 0 Å². The van der Waals surface area contributed by atoms with Crippen molar-refractivity contribution < 1.29 is 18.7 Å². The van der Waals surface area contributed by atoms with Gasteiger partial charge < -0.3 is 9.15 Å². The predicted molar refractivity (Wildman–Crippen MR) is 67.3 cm³/mol. The van der Waals surface area contributed by atoms with Gasteiger partial charge in [-0.1, -0.05) is 12.1 Å². The molecule has 1 heterocycles. The van der Waals surface area contributed by atoms with Crippen LogP contribution in [0.4, 0.5) is 0 Å². The van der Waals surface area contributed by atoms with Crippen molar-refractivity contribution >= 4 is 23.2 Å². The van der Waals surface area contributed by atoms with Crippen LogP contribution in [-0.4, -0.2) is 18.5 Å². The SMILES string of the molecule is COc1ccccc1SC(=O)c1ccc(C=O)o1. The van der Waals surface area contributed by atoms with Crippen LogP contribution in [0.5, 0.6) is 5.75 Å². The molecular weight excluding hydrogens is 252 g/mol. The van der Waals surface area contributed by atoms with Crippen molar-refractivity contribution in [1.29, 1.82) is 0 Å². The summed E-state index contributed by atoms with van der Waals surface area (Å²) in [6.45, 7) is 0. The van der Waals surface area contributed by atoms with E-state index in [1.165, 1.54) is 12.1 Å². The molecule has 18 heavy (non-hydrogen) atoms. The van der Waals surface area contributed by atoms with E-state index in [2.05, 4.69) is 0 Å². The number of hydrogen-bond acceptors (Lipinski definition) is 5. The number of para-hydroxylation sites is 1. The van der Waals surface area contributed by atoms with Crippen molar-refractivity contribution in [3.05, 3.63) is 47.9 Å². The Bertz CT molecular complexity index is 574. The molecule has 0 aliphatic heterocycles. The molecule has 0 unspecified atom stereocenters. The van der Waals surface area contributed by atoms with Gasteiger partial charge in [-0.2, -0.15) is 0 Å². The van der Waals surface area contributed by atoms with Crippen LogP contribution >= 0.6 is 11.8 Å².